The van der Waals surface area contributed by atoms with Gasteiger partial charge in [0, 0.05) is 24.6 Å². The third-order valence-electron chi connectivity index (χ3n) is 4.13. The molecule has 0 spiro atoms. The number of esters is 1. The number of aryl methyl sites for hydroxylation is 1. The zero-order valence-electron chi connectivity index (χ0n) is 18.9. The number of ether oxygens (including phenoxy) is 2. The maximum absolute atomic E-state index is 11.1. The molecule has 0 aliphatic carbocycles. The minimum atomic E-state index is -0.426. The van der Waals surface area contributed by atoms with Crippen LogP contribution in [0.15, 0.2) is 76.9 Å². The topological polar surface area (TPSA) is 116 Å². The molecule has 176 valence electrons. The molecule has 0 saturated heterocycles. The Morgan fingerprint density at radius 3 is 2.58 bits per heavy atom. The molecule has 8 nitrogen and oxygen atoms in total. The van der Waals surface area contributed by atoms with Crippen LogP contribution in [0.2, 0.25) is 0 Å². The molecule has 0 amide bonds. The van der Waals surface area contributed by atoms with Crippen LogP contribution in [0, 0.1) is 6.92 Å². The normalized spacial score (nSPS) is 10.7. The van der Waals surface area contributed by atoms with Crippen molar-refractivity contribution < 1.29 is 14.3 Å². The van der Waals surface area contributed by atoms with Crippen LogP contribution in [0.3, 0.4) is 0 Å². The smallest absolute Gasteiger partial charge is 0.326 e. The van der Waals surface area contributed by atoms with Crippen LogP contribution in [-0.4, -0.2) is 43.3 Å². The number of hydrogen-bond acceptors (Lipinski definition) is 10. The van der Waals surface area contributed by atoms with Crippen molar-refractivity contribution in [1.29, 1.82) is 0 Å². The first-order valence-electron chi connectivity index (χ1n) is 9.97. The van der Waals surface area contributed by atoms with E-state index in [4.69, 9.17) is 16.3 Å². The fraction of sp³-hybridized carbons (Fsp3) is 0.217. The highest BCUT2D eigenvalue weighted by Crippen LogP contribution is 2.31. The SMILES string of the molecule is COC(=O)CN(N)/C=C(\N)CNSc1ccc(-c2ccccn2)s1.COc1ccccc1C. The van der Waals surface area contributed by atoms with Crippen LogP contribution in [0.4, 0.5) is 0 Å². The van der Waals surface area contributed by atoms with E-state index in [0.29, 0.717) is 12.2 Å². The summed E-state index contributed by atoms with van der Waals surface area (Å²) in [7, 11) is 2.99. The van der Waals surface area contributed by atoms with Gasteiger partial charge in [-0.3, -0.25) is 14.5 Å². The standard InChI is InChI=1S/C15H19N5O2S2.C8H10O/c1-22-14(21)10-20(17)9-11(16)8-19-24-15-6-5-13(23-15)12-4-2-3-7-18-12;1-7-5-3-4-6-8(7)9-2/h2-7,9,19H,8,10,16-17H2,1H3;3-6H,1-2H3/b11-9-;. The molecule has 0 aliphatic heterocycles. The number of methoxy groups -OCH3 is 2. The van der Waals surface area contributed by atoms with Gasteiger partial charge in [0.25, 0.3) is 0 Å². The average molecular weight is 488 g/mol. The fourth-order valence-corrected chi connectivity index (χ4v) is 4.36. The van der Waals surface area contributed by atoms with E-state index >= 15 is 0 Å². The monoisotopic (exact) mass is 487 g/mol. The van der Waals surface area contributed by atoms with Gasteiger partial charge in [0.2, 0.25) is 0 Å². The number of benzene rings is 1. The number of thiophene rings is 1. The molecule has 33 heavy (non-hydrogen) atoms. The molecule has 2 aromatic heterocycles. The molecule has 5 N–H and O–H groups in total. The van der Waals surface area contributed by atoms with Crippen LogP contribution in [0.1, 0.15) is 5.56 Å². The lowest BCUT2D eigenvalue weighted by Crippen LogP contribution is -2.33. The minimum absolute atomic E-state index is 0.0529. The van der Waals surface area contributed by atoms with Gasteiger partial charge in [0.05, 0.1) is 29.0 Å². The number of carbonyl (C=O) groups is 1. The second-order valence-electron chi connectivity index (χ2n) is 6.68. The third-order valence-corrected chi connectivity index (χ3v) is 6.16. The Hall–Kier alpha value is -3.05. The molecule has 0 atom stereocenters. The van der Waals surface area contributed by atoms with Gasteiger partial charge in [0.15, 0.2) is 0 Å². The summed E-state index contributed by atoms with van der Waals surface area (Å²) in [5.41, 5.74) is 8.50. The Balaban J connectivity index is 0.000000357. The fourth-order valence-electron chi connectivity index (χ4n) is 2.52. The van der Waals surface area contributed by atoms with E-state index in [-0.39, 0.29) is 6.54 Å². The van der Waals surface area contributed by atoms with Gasteiger partial charge in [-0.25, -0.2) is 5.84 Å². The Labute approximate surface area is 202 Å². The Morgan fingerprint density at radius 1 is 1.18 bits per heavy atom. The molecule has 10 heteroatoms. The molecule has 1 aromatic carbocycles. The van der Waals surface area contributed by atoms with Gasteiger partial charge >= 0.3 is 5.97 Å². The Bertz CT molecular complexity index is 1030. The zero-order valence-corrected chi connectivity index (χ0v) is 20.5. The summed E-state index contributed by atoms with van der Waals surface area (Å²) < 4.78 is 13.8. The van der Waals surface area contributed by atoms with Gasteiger partial charge in [0.1, 0.15) is 12.3 Å². The number of hydrazine groups is 1. The van der Waals surface area contributed by atoms with Crippen molar-refractivity contribution in [3.63, 3.8) is 0 Å². The quantitative estimate of drug-likeness (QED) is 0.180. The number of carbonyl (C=O) groups excluding carboxylic acids is 1. The number of nitrogens with one attached hydrogen (secondary N) is 1. The number of hydrogen-bond donors (Lipinski definition) is 3. The van der Waals surface area contributed by atoms with Crippen molar-refractivity contribution in [2.45, 2.75) is 11.1 Å². The number of para-hydroxylation sites is 1. The van der Waals surface area contributed by atoms with Crippen molar-refractivity contribution in [3.05, 3.63) is 78.3 Å². The molecule has 0 aliphatic rings. The number of nitrogens with zero attached hydrogens (tertiary/aromatic N) is 2. The first-order chi connectivity index (χ1) is 15.9. The molecule has 2 heterocycles. The molecule has 0 bridgehead atoms. The number of pyridine rings is 1. The summed E-state index contributed by atoms with van der Waals surface area (Å²) in [6.45, 7) is 2.40. The predicted molar refractivity (Wildman–Crippen MR) is 134 cm³/mol. The first-order valence-corrected chi connectivity index (χ1v) is 11.6. The molecular weight excluding hydrogens is 458 g/mol. The van der Waals surface area contributed by atoms with Crippen molar-refractivity contribution >= 4 is 29.3 Å². The van der Waals surface area contributed by atoms with Gasteiger partial charge in [-0.05, 0) is 54.8 Å². The summed E-state index contributed by atoms with van der Waals surface area (Å²) in [5.74, 6) is 6.17. The minimum Gasteiger partial charge on any atom is -0.496 e. The first kappa shape index (κ1) is 26.2. The van der Waals surface area contributed by atoms with E-state index in [2.05, 4.69) is 14.4 Å². The van der Waals surface area contributed by atoms with Crippen molar-refractivity contribution in [1.82, 2.24) is 14.7 Å². The van der Waals surface area contributed by atoms with E-state index in [1.54, 1.807) is 24.6 Å². The van der Waals surface area contributed by atoms with Gasteiger partial charge < -0.3 is 20.2 Å². The van der Waals surface area contributed by atoms with Gasteiger partial charge in [-0.2, -0.15) is 0 Å². The highest BCUT2D eigenvalue weighted by Gasteiger charge is 2.06. The molecule has 0 fully saturated rings. The second-order valence-corrected chi connectivity index (χ2v) is 8.95. The van der Waals surface area contributed by atoms with E-state index in [1.807, 2.05) is 61.5 Å². The maximum Gasteiger partial charge on any atom is 0.326 e. The second kappa shape index (κ2) is 14.2. The van der Waals surface area contributed by atoms with Crippen molar-refractivity contribution in [2.24, 2.45) is 11.6 Å². The van der Waals surface area contributed by atoms with E-state index in [0.717, 1.165) is 20.5 Å². The van der Waals surface area contributed by atoms with Crippen molar-refractivity contribution in [2.75, 3.05) is 27.3 Å². The summed E-state index contributed by atoms with van der Waals surface area (Å²) in [6.07, 6.45) is 3.27. The summed E-state index contributed by atoms with van der Waals surface area (Å²) >= 11 is 3.12. The molecule has 0 saturated carbocycles. The summed E-state index contributed by atoms with van der Waals surface area (Å²) in [5, 5.41) is 1.19. The van der Waals surface area contributed by atoms with Crippen LogP contribution >= 0.6 is 23.3 Å². The van der Waals surface area contributed by atoms with Crippen LogP contribution in [0.5, 0.6) is 5.75 Å². The lowest BCUT2D eigenvalue weighted by atomic mass is 10.2. The van der Waals surface area contributed by atoms with Crippen molar-refractivity contribution in [3.8, 4) is 16.3 Å². The largest absolute Gasteiger partial charge is 0.496 e. The van der Waals surface area contributed by atoms with Gasteiger partial charge in [-0.1, -0.05) is 24.3 Å². The third kappa shape index (κ3) is 9.54. The number of aromatic nitrogens is 1. The number of nitrogens with two attached hydrogens (primary N) is 2. The van der Waals surface area contributed by atoms with Crippen LogP contribution < -0.4 is 21.0 Å². The average Bonchev–Trinajstić information content (AvgIpc) is 3.29. The highest BCUT2D eigenvalue weighted by molar-refractivity contribution is 7.99. The highest BCUT2D eigenvalue weighted by atomic mass is 32.2. The summed E-state index contributed by atoms with van der Waals surface area (Å²) in [4.78, 5) is 16.5. The lowest BCUT2D eigenvalue weighted by molar-refractivity contribution is -0.141. The lowest BCUT2D eigenvalue weighted by Gasteiger charge is -2.13. The van der Waals surface area contributed by atoms with Gasteiger partial charge in [-0.15, -0.1) is 11.3 Å². The predicted octanol–water partition coefficient (Wildman–Crippen LogP) is 3.56. The van der Waals surface area contributed by atoms with E-state index in [1.165, 1.54) is 35.8 Å². The molecule has 0 unspecified atom stereocenters. The molecular formula is C23H29N5O3S2. The molecule has 3 aromatic rings. The van der Waals surface area contributed by atoms with Crippen LogP contribution in [0.25, 0.3) is 10.6 Å². The number of rotatable bonds is 9. The maximum atomic E-state index is 11.1. The summed E-state index contributed by atoms with van der Waals surface area (Å²) in [6, 6.07) is 17.8. The Kier molecular flexibility index (Phi) is 11.3. The zero-order chi connectivity index (χ0) is 24.1. The van der Waals surface area contributed by atoms with E-state index < -0.39 is 5.97 Å². The Morgan fingerprint density at radius 2 is 1.94 bits per heavy atom. The van der Waals surface area contributed by atoms with Crippen LogP contribution in [-0.2, 0) is 9.53 Å². The molecule has 3 rings (SSSR count). The van der Waals surface area contributed by atoms with E-state index in [9.17, 15) is 4.79 Å². The molecule has 0 radical (unpaired) electrons.